The lowest BCUT2D eigenvalue weighted by Gasteiger charge is -2.27. The molecular weight excluding hydrogens is 278 g/mol. The summed E-state index contributed by atoms with van der Waals surface area (Å²) in [6.45, 7) is 0. The normalized spacial score (nSPS) is 18.4. The fourth-order valence-corrected chi connectivity index (χ4v) is 2.35. The molecule has 1 atom stereocenters. The summed E-state index contributed by atoms with van der Waals surface area (Å²) in [7, 11) is 1.27. The van der Waals surface area contributed by atoms with Crippen molar-refractivity contribution < 1.29 is 27.1 Å². The molecule has 0 aliphatic heterocycles. The average molecular weight is 291 g/mol. The third-order valence-electron chi connectivity index (χ3n) is 3.29. The number of benzene rings is 1. The van der Waals surface area contributed by atoms with Gasteiger partial charge in [-0.1, -0.05) is 0 Å². The van der Waals surface area contributed by atoms with Crippen molar-refractivity contribution in [3.8, 4) is 5.75 Å². The Morgan fingerprint density at radius 2 is 2.10 bits per heavy atom. The summed E-state index contributed by atoms with van der Waals surface area (Å²) in [6, 6.07) is 1.83. The summed E-state index contributed by atoms with van der Waals surface area (Å²) in [5, 5.41) is 1.94. The number of ether oxygens (including phenoxy) is 1. The lowest BCUT2D eigenvalue weighted by molar-refractivity contribution is -0.174. The van der Waals surface area contributed by atoms with Crippen LogP contribution in [0.3, 0.4) is 0 Å². The molecule has 7 heteroatoms. The molecule has 2 rings (SSSR count). The molecule has 1 amide bonds. The number of halogens is 4. The average Bonchev–Trinajstić information content (AvgIpc) is 2.37. The number of amides is 1. The maximum Gasteiger partial charge on any atom is 0.471 e. The molecule has 0 spiro atoms. The van der Waals surface area contributed by atoms with Crippen LogP contribution in [0.5, 0.6) is 5.75 Å². The van der Waals surface area contributed by atoms with Gasteiger partial charge >= 0.3 is 12.1 Å². The molecule has 0 unspecified atom stereocenters. The zero-order valence-corrected chi connectivity index (χ0v) is 10.7. The highest BCUT2D eigenvalue weighted by Gasteiger charge is 2.40. The van der Waals surface area contributed by atoms with Gasteiger partial charge in [0.25, 0.3) is 0 Å². The zero-order chi connectivity index (χ0) is 14.9. The lowest BCUT2D eigenvalue weighted by Crippen LogP contribution is -2.40. The Hall–Kier alpha value is -1.79. The molecule has 0 heterocycles. The van der Waals surface area contributed by atoms with Crippen LogP contribution in [0.2, 0.25) is 0 Å². The number of aryl methyl sites for hydroxylation is 1. The first kappa shape index (κ1) is 14.6. The third kappa shape index (κ3) is 2.86. The monoisotopic (exact) mass is 291 g/mol. The van der Waals surface area contributed by atoms with Gasteiger partial charge in [0, 0.05) is 0 Å². The van der Waals surface area contributed by atoms with E-state index >= 15 is 0 Å². The fourth-order valence-electron chi connectivity index (χ4n) is 2.35. The molecule has 1 aliphatic carbocycles. The van der Waals surface area contributed by atoms with Gasteiger partial charge in [-0.15, -0.1) is 0 Å². The smallest absolute Gasteiger partial charge is 0.471 e. The molecule has 1 aliphatic rings. The largest absolute Gasteiger partial charge is 0.494 e. The van der Waals surface area contributed by atoms with E-state index in [0.717, 1.165) is 0 Å². The quantitative estimate of drug-likeness (QED) is 0.851. The first-order valence-corrected chi connectivity index (χ1v) is 6.07. The van der Waals surface area contributed by atoms with Crippen molar-refractivity contribution in [1.82, 2.24) is 5.32 Å². The molecule has 110 valence electrons. The number of rotatable bonds is 2. The number of hydrogen-bond donors (Lipinski definition) is 1. The van der Waals surface area contributed by atoms with E-state index in [1.165, 1.54) is 19.2 Å². The Balaban J connectivity index is 2.30. The molecule has 0 radical (unpaired) electrons. The molecule has 1 aromatic rings. The summed E-state index contributed by atoms with van der Waals surface area (Å²) in [4.78, 5) is 11.0. The van der Waals surface area contributed by atoms with Crippen LogP contribution in [0.25, 0.3) is 0 Å². The topological polar surface area (TPSA) is 38.3 Å². The van der Waals surface area contributed by atoms with Crippen LogP contribution < -0.4 is 10.1 Å². The highest BCUT2D eigenvalue weighted by Crippen LogP contribution is 2.34. The van der Waals surface area contributed by atoms with Crippen LogP contribution in [-0.4, -0.2) is 19.2 Å². The Kier molecular flexibility index (Phi) is 3.87. The Morgan fingerprint density at radius 1 is 1.40 bits per heavy atom. The van der Waals surface area contributed by atoms with Crippen molar-refractivity contribution in [2.24, 2.45) is 0 Å². The fraction of sp³-hybridized carbons (Fsp3) is 0.462. The minimum atomic E-state index is -4.93. The number of carbonyl (C=O) groups excluding carboxylic acids is 1. The number of fused-ring (bicyclic) bond motifs is 1. The third-order valence-corrected chi connectivity index (χ3v) is 3.29. The summed E-state index contributed by atoms with van der Waals surface area (Å²) in [5.41, 5.74) is 1.08. The summed E-state index contributed by atoms with van der Waals surface area (Å²) in [6.07, 6.45) is -3.40. The van der Waals surface area contributed by atoms with E-state index in [0.29, 0.717) is 30.4 Å². The number of nitrogens with one attached hydrogen (secondary N) is 1. The first-order chi connectivity index (χ1) is 9.32. The molecule has 1 N–H and O–H groups in total. The number of alkyl halides is 3. The molecule has 0 aromatic heterocycles. The minimum Gasteiger partial charge on any atom is -0.494 e. The SMILES string of the molecule is COc1cc2c(cc1F)CCC[C@H]2NC(=O)C(F)(F)F. The molecule has 0 fully saturated rings. The maximum atomic E-state index is 13.6. The van der Waals surface area contributed by atoms with E-state index in [2.05, 4.69) is 0 Å². The van der Waals surface area contributed by atoms with Gasteiger partial charge in [0.15, 0.2) is 11.6 Å². The Morgan fingerprint density at radius 3 is 2.70 bits per heavy atom. The van der Waals surface area contributed by atoms with Gasteiger partial charge in [-0.3, -0.25) is 4.79 Å². The van der Waals surface area contributed by atoms with E-state index in [4.69, 9.17) is 4.74 Å². The highest BCUT2D eigenvalue weighted by molar-refractivity contribution is 5.82. The number of methoxy groups -OCH3 is 1. The molecule has 0 saturated carbocycles. The van der Waals surface area contributed by atoms with Crippen molar-refractivity contribution in [1.29, 1.82) is 0 Å². The zero-order valence-electron chi connectivity index (χ0n) is 10.7. The van der Waals surface area contributed by atoms with E-state index in [1.54, 1.807) is 0 Å². The standard InChI is InChI=1S/C13H13F4NO2/c1-20-11-6-8-7(5-9(11)14)3-2-4-10(8)18-12(19)13(15,16)17/h5-6,10H,2-4H2,1H3,(H,18,19)/t10-/m1/s1. The van der Waals surface area contributed by atoms with Gasteiger partial charge in [-0.05, 0) is 42.5 Å². The second-order valence-corrected chi connectivity index (χ2v) is 4.60. The van der Waals surface area contributed by atoms with Crippen LogP contribution in [-0.2, 0) is 11.2 Å². The van der Waals surface area contributed by atoms with Crippen LogP contribution >= 0.6 is 0 Å². The lowest BCUT2D eigenvalue weighted by atomic mass is 9.87. The predicted octanol–water partition coefficient (Wildman–Crippen LogP) is 2.89. The van der Waals surface area contributed by atoms with Crippen molar-refractivity contribution in [3.63, 3.8) is 0 Å². The second-order valence-electron chi connectivity index (χ2n) is 4.60. The van der Waals surface area contributed by atoms with Crippen molar-refractivity contribution in [2.75, 3.05) is 7.11 Å². The van der Waals surface area contributed by atoms with Crippen molar-refractivity contribution in [3.05, 3.63) is 29.1 Å². The van der Waals surface area contributed by atoms with Gasteiger partial charge in [0.2, 0.25) is 0 Å². The Bertz CT molecular complexity index is 528. The van der Waals surface area contributed by atoms with E-state index < -0.39 is 23.9 Å². The first-order valence-electron chi connectivity index (χ1n) is 6.07. The van der Waals surface area contributed by atoms with Gasteiger partial charge < -0.3 is 10.1 Å². The summed E-state index contributed by atoms with van der Waals surface area (Å²) >= 11 is 0. The van der Waals surface area contributed by atoms with Crippen LogP contribution in [0, 0.1) is 5.82 Å². The van der Waals surface area contributed by atoms with Crippen molar-refractivity contribution in [2.45, 2.75) is 31.5 Å². The summed E-state index contributed by atoms with van der Waals surface area (Å²) < 4.78 is 55.3. The number of carbonyl (C=O) groups is 1. The molecule has 20 heavy (non-hydrogen) atoms. The predicted molar refractivity (Wildman–Crippen MR) is 62.8 cm³/mol. The van der Waals surface area contributed by atoms with Gasteiger partial charge in [-0.2, -0.15) is 13.2 Å². The Labute approximate surface area is 112 Å². The van der Waals surface area contributed by atoms with Crippen LogP contribution in [0.15, 0.2) is 12.1 Å². The van der Waals surface area contributed by atoms with E-state index in [-0.39, 0.29) is 5.75 Å². The second kappa shape index (κ2) is 5.30. The van der Waals surface area contributed by atoms with Crippen molar-refractivity contribution >= 4 is 5.91 Å². The molecule has 0 saturated heterocycles. The van der Waals surface area contributed by atoms with Crippen LogP contribution in [0.1, 0.15) is 30.0 Å². The molecule has 0 bridgehead atoms. The number of hydrogen-bond acceptors (Lipinski definition) is 2. The van der Waals surface area contributed by atoms with Gasteiger partial charge in [-0.25, -0.2) is 4.39 Å². The minimum absolute atomic E-state index is 0.0445. The van der Waals surface area contributed by atoms with E-state index in [9.17, 15) is 22.4 Å². The maximum absolute atomic E-state index is 13.6. The van der Waals surface area contributed by atoms with E-state index in [1.807, 2.05) is 5.32 Å². The molecular formula is C13H13F4NO2. The molecule has 3 nitrogen and oxygen atoms in total. The van der Waals surface area contributed by atoms with Gasteiger partial charge in [0.1, 0.15) is 0 Å². The van der Waals surface area contributed by atoms with Gasteiger partial charge in [0.05, 0.1) is 13.2 Å². The van der Waals surface area contributed by atoms with Crippen LogP contribution in [0.4, 0.5) is 17.6 Å². The highest BCUT2D eigenvalue weighted by atomic mass is 19.4. The summed E-state index contributed by atoms with van der Waals surface area (Å²) in [5.74, 6) is -2.59. The molecule has 1 aromatic carbocycles.